The average Bonchev–Trinajstić information content (AvgIpc) is 2.28. The van der Waals surface area contributed by atoms with Crippen molar-refractivity contribution < 1.29 is 19.4 Å². The summed E-state index contributed by atoms with van der Waals surface area (Å²) in [6.07, 6.45) is -1.07. The molecule has 1 aromatic carbocycles. The summed E-state index contributed by atoms with van der Waals surface area (Å²) in [6, 6.07) is 6.19. The molecule has 1 unspecified atom stereocenters. The molecular formula is C11H13NO4. The van der Waals surface area contributed by atoms with Crippen LogP contribution in [0, 0.1) is 0 Å². The van der Waals surface area contributed by atoms with E-state index in [-0.39, 0.29) is 0 Å². The van der Waals surface area contributed by atoms with E-state index < -0.39 is 18.0 Å². The van der Waals surface area contributed by atoms with Gasteiger partial charge < -0.3 is 15.2 Å². The quantitative estimate of drug-likeness (QED) is 0.743. The second kappa shape index (κ2) is 5.27. The van der Waals surface area contributed by atoms with E-state index in [2.05, 4.69) is 10.1 Å². The number of methoxy groups -OCH3 is 1. The lowest BCUT2D eigenvalue weighted by atomic mass is 10.2. The highest BCUT2D eigenvalue weighted by molar-refractivity contribution is 5.94. The van der Waals surface area contributed by atoms with Crippen molar-refractivity contribution in [3.63, 3.8) is 0 Å². The van der Waals surface area contributed by atoms with Crippen molar-refractivity contribution >= 4 is 17.6 Å². The Hall–Kier alpha value is -1.88. The van der Waals surface area contributed by atoms with Crippen molar-refractivity contribution in [1.29, 1.82) is 0 Å². The molecule has 0 heterocycles. The number of esters is 1. The van der Waals surface area contributed by atoms with Crippen LogP contribution in [-0.4, -0.2) is 30.2 Å². The van der Waals surface area contributed by atoms with E-state index in [4.69, 9.17) is 5.11 Å². The Labute approximate surface area is 93.0 Å². The number of amides is 1. The van der Waals surface area contributed by atoms with E-state index in [9.17, 15) is 9.59 Å². The van der Waals surface area contributed by atoms with Gasteiger partial charge in [-0.1, -0.05) is 0 Å². The van der Waals surface area contributed by atoms with E-state index in [1.165, 1.54) is 26.2 Å². The minimum Gasteiger partial charge on any atom is -0.465 e. The SMILES string of the molecule is COC(=O)c1ccc(NC(=O)C(C)O)cc1. The number of ether oxygens (including phenoxy) is 1. The van der Waals surface area contributed by atoms with Crippen LogP contribution in [0.2, 0.25) is 0 Å². The molecule has 1 atom stereocenters. The maximum absolute atomic E-state index is 11.1. The lowest BCUT2D eigenvalue weighted by Crippen LogP contribution is -2.24. The molecule has 2 N–H and O–H groups in total. The number of hydrogen-bond donors (Lipinski definition) is 2. The van der Waals surface area contributed by atoms with Crippen molar-refractivity contribution in [3.05, 3.63) is 29.8 Å². The van der Waals surface area contributed by atoms with Crippen LogP contribution < -0.4 is 5.32 Å². The van der Waals surface area contributed by atoms with Gasteiger partial charge in [0.2, 0.25) is 0 Å². The molecule has 86 valence electrons. The van der Waals surface area contributed by atoms with E-state index in [0.29, 0.717) is 11.3 Å². The second-order valence-electron chi connectivity index (χ2n) is 3.23. The predicted molar refractivity (Wildman–Crippen MR) is 58.1 cm³/mol. The van der Waals surface area contributed by atoms with Gasteiger partial charge >= 0.3 is 5.97 Å². The van der Waals surface area contributed by atoms with Gasteiger partial charge in [0, 0.05) is 5.69 Å². The smallest absolute Gasteiger partial charge is 0.337 e. The molecule has 0 saturated carbocycles. The van der Waals surface area contributed by atoms with E-state index in [0.717, 1.165) is 0 Å². The largest absolute Gasteiger partial charge is 0.465 e. The highest BCUT2D eigenvalue weighted by Gasteiger charge is 2.09. The van der Waals surface area contributed by atoms with Crippen LogP contribution in [0.15, 0.2) is 24.3 Å². The molecule has 0 radical (unpaired) electrons. The number of anilines is 1. The first kappa shape index (κ1) is 12.2. The minimum absolute atomic E-state index is 0.401. The third-order valence-corrected chi connectivity index (χ3v) is 1.95. The van der Waals surface area contributed by atoms with E-state index in [1.807, 2.05) is 0 Å². The fourth-order valence-corrected chi connectivity index (χ4v) is 1.05. The van der Waals surface area contributed by atoms with Gasteiger partial charge in [-0.3, -0.25) is 4.79 Å². The number of rotatable bonds is 3. The summed E-state index contributed by atoms with van der Waals surface area (Å²) >= 11 is 0. The van der Waals surface area contributed by atoms with E-state index >= 15 is 0 Å². The van der Waals surface area contributed by atoms with Gasteiger partial charge in [0.1, 0.15) is 6.10 Å². The number of benzene rings is 1. The fraction of sp³-hybridized carbons (Fsp3) is 0.273. The Morgan fingerprint density at radius 2 is 1.88 bits per heavy atom. The molecule has 5 heteroatoms. The van der Waals surface area contributed by atoms with Crippen molar-refractivity contribution in [1.82, 2.24) is 0 Å². The molecule has 0 fully saturated rings. The first-order chi connectivity index (χ1) is 7.54. The zero-order valence-corrected chi connectivity index (χ0v) is 9.06. The zero-order valence-electron chi connectivity index (χ0n) is 9.06. The first-order valence-corrected chi connectivity index (χ1v) is 4.72. The number of aliphatic hydroxyl groups excluding tert-OH is 1. The fourth-order valence-electron chi connectivity index (χ4n) is 1.05. The molecule has 1 amide bonds. The third kappa shape index (κ3) is 3.06. The Kier molecular flexibility index (Phi) is 4.02. The van der Waals surface area contributed by atoms with Gasteiger partial charge in [0.05, 0.1) is 12.7 Å². The monoisotopic (exact) mass is 223 g/mol. The van der Waals surface area contributed by atoms with Gasteiger partial charge in [0.25, 0.3) is 5.91 Å². The minimum atomic E-state index is -1.07. The van der Waals surface area contributed by atoms with Crippen LogP contribution in [0.5, 0.6) is 0 Å². The summed E-state index contributed by atoms with van der Waals surface area (Å²) in [7, 11) is 1.30. The molecule has 0 spiro atoms. The first-order valence-electron chi connectivity index (χ1n) is 4.72. The summed E-state index contributed by atoms with van der Waals surface area (Å²) in [5.74, 6) is -0.931. The third-order valence-electron chi connectivity index (χ3n) is 1.95. The standard InChI is InChI=1S/C11H13NO4/c1-7(13)10(14)12-9-5-3-8(4-6-9)11(15)16-2/h3-7,13H,1-2H3,(H,12,14). The Morgan fingerprint density at radius 1 is 1.31 bits per heavy atom. The Morgan fingerprint density at radius 3 is 2.31 bits per heavy atom. The van der Waals surface area contributed by atoms with Crippen LogP contribution in [0.4, 0.5) is 5.69 Å². The van der Waals surface area contributed by atoms with Gasteiger partial charge in [0.15, 0.2) is 0 Å². The van der Waals surface area contributed by atoms with Crippen LogP contribution in [-0.2, 0) is 9.53 Å². The molecule has 0 aliphatic carbocycles. The molecule has 0 bridgehead atoms. The topological polar surface area (TPSA) is 75.6 Å². The summed E-state index contributed by atoms with van der Waals surface area (Å²) < 4.78 is 4.53. The average molecular weight is 223 g/mol. The summed E-state index contributed by atoms with van der Waals surface area (Å²) in [5.41, 5.74) is 0.913. The van der Waals surface area contributed by atoms with E-state index in [1.54, 1.807) is 12.1 Å². The molecule has 1 aromatic rings. The number of carbonyl (C=O) groups excluding carboxylic acids is 2. The zero-order chi connectivity index (χ0) is 12.1. The summed E-state index contributed by atoms with van der Waals surface area (Å²) in [4.78, 5) is 22.2. The normalized spacial score (nSPS) is 11.7. The molecule has 5 nitrogen and oxygen atoms in total. The van der Waals surface area contributed by atoms with Gasteiger partial charge in [-0.25, -0.2) is 4.79 Å². The maximum Gasteiger partial charge on any atom is 0.337 e. The highest BCUT2D eigenvalue weighted by atomic mass is 16.5. The lowest BCUT2D eigenvalue weighted by Gasteiger charge is -2.07. The van der Waals surface area contributed by atoms with Crippen molar-refractivity contribution in [2.75, 3.05) is 12.4 Å². The number of hydrogen-bond acceptors (Lipinski definition) is 4. The predicted octanol–water partition coefficient (Wildman–Crippen LogP) is 0.792. The van der Waals surface area contributed by atoms with Gasteiger partial charge in [-0.2, -0.15) is 0 Å². The lowest BCUT2D eigenvalue weighted by molar-refractivity contribution is -0.123. The number of carbonyl (C=O) groups is 2. The second-order valence-corrected chi connectivity index (χ2v) is 3.23. The van der Waals surface area contributed by atoms with Crippen LogP contribution >= 0.6 is 0 Å². The van der Waals surface area contributed by atoms with Crippen molar-refractivity contribution in [2.24, 2.45) is 0 Å². The highest BCUT2D eigenvalue weighted by Crippen LogP contribution is 2.10. The molecule has 0 aromatic heterocycles. The van der Waals surface area contributed by atoms with Gasteiger partial charge in [-0.15, -0.1) is 0 Å². The maximum atomic E-state index is 11.1. The summed E-state index contributed by atoms with van der Waals surface area (Å²) in [5, 5.41) is 11.5. The van der Waals surface area contributed by atoms with Gasteiger partial charge in [-0.05, 0) is 31.2 Å². The molecule has 0 aliphatic rings. The Balaban J connectivity index is 2.72. The number of nitrogens with one attached hydrogen (secondary N) is 1. The van der Waals surface area contributed by atoms with Crippen molar-refractivity contribution in [2.45, 2.75) is 13.0 Å². The molecule has 0 saturated heterocycles. The Bertz CT molecular complexity index is 383. The van der Waals surface area contributed by atoms with Crippen LogP contribution in [0.1, 0.15) is 17.3 Å². The summed E-state index contributed by atoms with van der Waals surface area (Å²) in [6.45, 7) is 1.37. The molecule has 1 rings (SSSR count). The molecule has 0 aliphatic heterocycles. The van der Waals surface area contributed by atoms with Crippen LogP contribution in [0.25, 0.3) is 0 Å². The number of aliphatic hydroxyl groups is 1. The van der Waals surface area contributed by atoms with Crippen LogP contribution in [0.3, 0.4) is 0 Å². The molecular weight excluding hydrogens is 210 g/mol. The van der Waals surface area contributed by atoms with Crippen molar-refractivity contribution in [3.8, 4) is 0 Å². The molecule has 16 heavy (non-hydrogen) atoms.